The Balaban J connectivity index is 1.88. The summed E-state index contributed by atoms with van der Waals surface area (Å²) in [4.78, 5) is 23.3. The number of hydrogen-bond acceptors (Lipinski definition) is 3. The number of carbonyl (C=O) groups excluding carboxylic acids is 2. The van der Waals surface area contributed by atoms with Crippen LogP contribution in [0, 0.1) is 5.92 Å². The lowest BCUT2D eigenvalue weighted by Gasteiger charge is -2.07. The molecule has 2 N–H and O–H groups in total. The summed E-state index contributed by atoms with van der Waals surface area (Å²) in [6.07, 6.45) is -2.82. The molecule has 1 aromatic rings. The van der Waals surface area contributed by atoms with E-state index in [0.717, 1.165) is 23.6 Å². The first-order valence-corrected chi connectivity index (χ1v) is 7.04. The molecule has 2 rings (SSSR count). The molecule has 0 aliphatic heterocycles. The van der Waals surface area contributed by atoms with Gasteiger partial charge in [0, 0.05) is 31.6 Å². The number of carbonyl (C=O) groups is 2. The lowest BCUT2D eigenvalue weighted by atomic mass is 10.3. The van der Waals surface area contributed by atoms with Gasteiger partial charge in [0.05, 0.1) is 0 Å². The topological polar surface area (TPSA) is 76.0 Å². The minimum atomic E-state index is -4.59. The minimum absolute atomic E-state index is 0.0489. The van der Waals surface area contributed by atoms with Crippen LogP contribution in [0.1, 0.15) is 35.9 Å². The summed E-state index contributed by atoms with van der Waals surface area (Å²) in [6, 6.07) is 0.724. The first-order chi connectivity index (χ1) is 10.3. The van der Waals surface area contributed by atoms with Crippen molar-refractivity contribution in [1.82, 2.24) is 20.4 Å². The number of nitrogens with one attached hydrogen (secondary N) is 2. The van der Waals surface area contributed by atoms with E-state index in [0.29, 0.717) is 0 Å². The summed E-state index contributed by atoms with van der Waals surface area (Å²) in [5, 5.41) is 8.49. The van der Waals surface area contributed by atoms with Crippen molar-refractivity contribution >= 4 is 11.8 Å². The van der Waals surface area contributed by atoms with Crippen molar-refractivity contribution in [3.05, 3.63) is 17.5 Å². The molecule has 0 unspecified atom stereocenters. The number of alkyl halides is 3. The highest BCUT2D eigenvalue weighted by atomic mass is 19.4. The average Bonchev–Trinajstić information content (AvgIpc) is 3.20. The second-order valence-corrected chi connectivity index (χ2v) is 5.05. The van der Waals surface area contributed by atoms with Gasteiger partial charge in [-0.3, -0.25) is 14.3 Å². The molecule has 0 aromatic carbocycles. The van der Waals surface area contributed by atoms with Gasteiger partial charge in [-0.1, -0.05) is 0 Å². The van der Waals surface area contributed by atoms with Gasteiger partial charge in [0.1, 0.15) is 5.69 Å². The standard InChI is InChI=1S/C13H17F3N4O2/c1-2-20-9(7-10(19-20)13(14,15)16)12(22)18-6-5-17-11(21)8-3-4-8/h7-8H,2-6H2,1H3,(H,17,21)(H,18,22). The normalized spacial score (nSPS) is 14.7. The fourth-order valence-electron chi connectivity index (χ4n) is 1.92. The Labute approximate surface area is 125 Å². The fraction of sp³-hybridized carbons (Fsp3) is 0.615. The van der Waals surface area contributed by atoms with Gasteiger partial charge in [0.2, 0.25) is 5.91 Å². The number of rotatable bonds is 6. The number of hydrogen-bond donors (Lipinski definition) is 2. The summed E-state index contributed by atoms with van der Waals surface area (Å²) in [5.41, 5.74) is -1.25. The average molecular weight is 318 g/mol. The van der Waals surface area contributed by atoms with E-state index in [2.05, 4.69) is 15.7 Å². The highest BCUT2D eigenvalue weighted by Gasteiger charge is 2.35. The molecule has 2 amide bonds. The van der Waals surface area contributed by atoms with Gasteiger partial charge >= 0.3 is 6.18 Å². The fourth-order valence-corrected chi connectivity index (χ4v) is 1.92. The van der Waals surface area contributed by atoms with E-state index < -0.39 is 17.8 Å². The zero-order valence-corrected chi connectivity index (χ0v) is 12.0. The van der Waals surface area contributed by atoms with Gasteiger partial charge in [-0.15, -0.1) is 0 Å². The molecule has 122 valence electrons. The molecule has 1 aliphatic carbocycles. The highest BCUT2D eigenvalue weighted by Crippen LogP contribution is 2.29. The summed E-state index contributed by atoms with van der Waals surface area (Å²) in [6.45, 7) is 2.14. The molecule has 6 nitrogen and oxygen atoms in total. The third kappa shape index (κ3) is 3.99. The van der Waals surface area contributed by atoms with Gasteiger partial charge in [0.15, 0.2) is 5.69 Å². The van der Waals surface area contributed by atoms with E-state index in [1.54, 1.807) is 6.92 Å². The van der Waals surface area contributed by atoms with Gasteiger partial charge in [0.25, 0.3) is 5.91 Å². The van der Waals surface area contributed by atoms with Crippen molar-refractivity contribution in [2.75, 3.05) is 13.1 Å². The number of aryl methyl sites for hydroxylation is 1. The molecule has 1 aliphatic rings. The molecule has 1 aromatic heterocycles. The second-order valence-electron chi connectivity index (χ2n) is 5.05. The molecule has 1 saturated carbocycles. The van der Waals surface area contributed by atoms with Crippen LogP contribution in [0.15, 0.2) is 6.07 Å². The Morgan fingerprint density at radius 2 is 1.95 bits per heavy atom. The largest absolute Gasteiger partial charge is 0.435 e. The van der Waals surface area contributed by atoms with Crippen LogP contribution in [-0.2, 0) is 17.5 Å². The number of halogens is 3. The Bertz CT molecular complexity index is 564. The molecular formula is C13H17F3N4O2. The van der Waals surface area contributed by atoms with E-state index in [9.17, 15) is 22.8 Å². The minimum Gasteiger partial charge on any atom is -0.354 e. The van der Waals surface area contributed by atoms with Crippen molar-refractivity contribution in [3.63, 3.8) is 0 Å². The van der Waals surface area contributed by atoms with Crippen molar-refractivity contribution < 1.29 is 22.8 Å². The van der Waals surface area contributed by atoms with E-state index in [4.69, 9.17) is 0 Å². The van der Waals surface area contributed by atoms with Crippen molar-refractivity contribution in [2.24, 2.45) is 5.92 Å². The lowest BCUT2D eigenvalue weighted by Crippen LogP contribution is -2.36. The molecule has 0 radical (unpaired) electrons. The van der Waals surface area contributed by atoms with Crippen molar-refractivity contribution in [3.8, 4) is 0 Å². The predicted octanol–water partition coefficient (Wildman–Crippen LogP) is 1.18. The second kappa shape index (κ2) is 6.37. The molecule has 9 heteroatoms. The highest BCUT2D eigenvalue weighted by molar-refractivity contribution is 5.92. The zero-order valence-electron chi connectivity index (χ0n) is 12.0. The summed E-state index contributed by atoms with van der Waals surface area (Å²) >= 11 is 0. The molecule has 1 fully saturated rings. The molecule has 0 spiro atoms. The maximum absolute atomic E-state index is 12.6. The lowest BCUT2D eigenvalue weighted by molar-refractivity contribution is -0.141. The Morgan fingerprint density at radius 1 is 1.32 bits per heavy atom. The third-order valence-corrected chi connectivity index (χ3v) is 3.26. The molecule has 1 heterocycles. The summed E-state index contributed by atoms with van der Waals surface area (Å²) in [7, 11) is 0. The smallest absolute Gasteiger partial charge is 0.354 e. The quantitative estimate of drug-likeness (QED) is 0.773. The monoisotopic (exact) mass is 318 g/mol. The van der Waals surface area contributed by atoms with Crippen molar-refractivity contribution in [1.29, 1.82) is 0 Å². The number of nitrogens with zero attached hydrogens (tertiary/aromatic N) is 2. The third-order valence-electron chi connectivity index (χ3n) is 3.26. The predicted molar refractivity (Wildman–Crippen MR) is 71.0 cm³/mol. The van der Waals surface area contributed by atoms with E-state index in [1.165, 1.54) is 0 Å². The van der Waals surface area contributed by atoms with E-state index in [1.807, 2.05) is 0 Å². The molecule has 22 heavy (non-hydrogen) atoms. The van der Waals surface area contributed by atoms with Crippen LogP contribution in [0.4, 0.5) is 13.2 Å². The SMILES string of the molecule is CCn1nc(C(F)(F)F)cc1C(=O)NCCNC(=O)C1CC1. The molecule has 0 saturated heterocycles. The Hall–Kier alpha value is -2.06. The van der Waals surface area contributed by atoms with E-state index in [-0.39, 0.29) is 37.2 Å². The molecule has 0 bridgehead atoms. The zero-order chi connectivity index (χ0) is 16.3. The van der Waals surface area contributed by atoms with E-state index >= 15 is 0 Å². The molecular weight excluding hydrogens is 301 g/mol. The van der Waals surface area contributed by atoms with Gasteiger partial charge in [-0.2, -0.15) is 18.3 Å². The summed E-state index contributed by atoms with van der Waals surface area (Å²) in [5.74, 6) is -0.621. The van der Waals surface area contributed by atoms with Crippen LogP contribution < -0.4 is 10.6 Å². The first kappa shape index (κ1) is 16.3. The van der Waals surface area contributed by atoms with Crippen LogP contribution >= 0.6 is 0 Å². The van der Waals surface area contributed by atoms with Crippen molar-refractivity contribution in [2.45, 2.75) is 32.5 Å². The maximum Gasteiger partial charge on any atom is 0.435 e. The van der Waals surface area contributed by atoms with Crippen LogP contribution in [0.2, 0.25) is 0 Å². The van der Waals surface area contributed by atoms with Crippen LogP contribution in [0.5, 0.6) is 0 Å². The van der Waals surface area contributed by atoms with Gasteiger partial charge in [-0.05, 0) is 19.8 Å². The van der Waals surface area contributed by atoms with Crippen LogP contribution in [0.3, 0.4) is 0 Å². The number of amides is 2. The first-order valence-electron chi connectivity index (χ1n) is 7.04. The van der Waals surface area contributed by atoms with Crippen LogP contribution in [-0.4, -0.2) is 34.7 Å². The van der Waals surface area contributed by atoms with Gasteiger partial charge in [-0.25, -0.2) is 0 Å². The van der Waals surface area contributed by atoms with Gasteiger partial charge < -0.3 is 10.6 Å². The Kier molecular flexibility index (Phi) is 4.72. The summed E-state index contributed by atoms with van der Waals surface area (Å²) < 4.78 is 38.8. The number of aromatic nitrogens is 2. The molecule has 0 atom stereocenters. The Morgan fingerprint density at radius 3 is 2.50 bits per heavy atom. The van der Waals surface area contributed by atoms with Crippen LogP contribution in [0.25, 0.3) is 0 Å². The maximum atomic E-state index is 12.6.